The van der Waals surface area contributed by atoms with E-state index in [9.17, 15) is 0 Å². The van der Waals surface area contributed by atoms with E-state index in [4.69, 9.17) is 17.3 Å². The lowest BCUT2D eigenvalue weighted by Gasteiger charge is -2.10. The summed E-state index contributed by atoms with van der Waals surface area (Å²) in [4.78, 5) is 1.28. The summed E-state index contributed by atoms with van der Waals surface area (Å²) in [7, 11) is 0. The quantitative estimate of drug-likeness (QED) is 0.871. The first kappa shape index (κ1) is 11.3. The van der Waals surface area contributed by atoms with Crippen LogP contribution in [0.4, 0.5) is 0 Å². The van der Waals surface area contributed by atoms with Crippen molar-refractivity contribution >= 4 is 23.4 Å². The lowest BCUT2D eigenvalue weighted by molar-refractivity contribution is 0.886. The van der Waals surface area contributed by atoms with Crippen LogP contribution in [0.5, 0.6) is 0 Å². The molecule has 0 unspecified atom stereocenters. The third kappa shape index (κ3) is 2.90. The molecule has 1 nitrogen and oxygen atoms in total. The third-order valence-corrected chi connectivity index (χ3v) is 4.53. The SMILES string of the molecule is NCc1ccc(SC2CCCC2)cc1Cl. The van der Waals surface area contributed by atoms with Gasteiger partial charge in [0.25, 0.3) is 0 Å². The van der Waals surface area contributed by atoms with Crippen molar-refractivity contribution < 1.29 is 0 Å². The fourth-order valence-corrected chi connectivity index (χ4v) is 3.57. The van der Waals surface area contributed by atoms with Crippen molar-refractivity contribution in [3.8, 4) is 0 Å². The number of halogens is 1. The van der Waals surface area contributed by atoms with E-state index in [0.29, 0.717) is 6.54 Å². The van der Waals surface area contributed by atoms with Gasteiger partial charge in [0.1, 0.15) is 0 Å². The van der Waals surface area contributed by atoms with Gasteiger partial charge in [-0.3, -0.25) is 0 Å². The van der Waals surface area contributed by atoms with Gasteiger partial charge in [-0.2, -0.15) is 0 Å². The van der Waals surface area contributed by atoms with Crippen LogP contribution in [0.3, 0.4) is 0 Å². The van der Waals surface area contributed by atoms with Crippen molar-refractivity contribution in [3.63, 3.8) is 0 Å². The largest absolute Gasteiger partial charge is 0.326 e. The number of hydrogen-bond acceptors (Lipinski definition) is 2. The number of rotatable bonds is 3. The summed E-state index contributed by atoms with van der Waals surface area (Å²) >= 11 is 8.08. The molecule has 0 radical (unpaired) electrons. The van der Waals surface area contributed by atoms with Crippen molar-refractivity contribution in [3.05, 3.63) is 28.8 Å². The van der Waals surface area contributed by atoms with Crippen molar-refractivity contribution in [2.75, 3.05) is 0 Å². The van der Waals surface area contributed by atoms with Crippen LogP contribution >= 0.6 is 23.4 Å². The minimum atomic E-state index is 0.521. The van der Waals surface area contributed by atoms with Crippen LogP contribution in [0.15, 0.2) is 23.1 Å². The predicted molar refractivity (Wildman–Crippen MR) is 67.5 cm³/mol. The zero-order valence-electron chi connectivity index (χ0n) is 8.71. The van der Waals surface area contributed by atoms with Crippen LogP contribution in [0.1, 0.15) is 31.2 Å². The summed E-state index contributed by atoms with van der Waals surface area (Å²) in [5.74, 6) is 0. The Morgan fingerprint density at radius 2 is 2.07 bits per heavy atom. The van der Waals surface area contributed by atoms with Gasteiger partial charge in [-0.1, -0.05) is 30.5 Å². The van der Waals surface area contributed by atoms with Crippen LogP contribution < -0.4 is 5.73 Å². The molecule has 82 valence electrons. The van der Waals surface area contributed by atoms with Gasteiger partial charge in [0.15, 0.2) is 0 Å². The molecule has 0 atom stereocenters. The lowest BCUT2D eigenvalue weighted by atomic mass is 10.2. The van der Waals surface area contributed by atoms with Gasteiger partial charge in [0.05, 0.1) is 0 Å². The molecule has 0 amide bonds. The summed E-state index contributed by atoms with van der Waals surface area (Å²) in [6.07, 6.45) is 5.46. The molecule has 1 aliphatic carbocycles. The van der Waals surface area contributed by atoms with E-state index >= 15 is 0 Å². The van der Waals surface area contributed by atoms with Crippen molar-refractivity contribution in [1.29, 1.82) is 0 Å². The van der Waals surface area contributed by atoms with Crippen LogP contribution in [-0.2, 0) is 6.54 Å². The van der Waals surface area contributed by atoms with Gasteiger partial charge < -0.3 is 5.73 Å². The summed E-state index contributed by atoms with van der Waals surface area (Å²) in [5.41, 5.74) is 6.61. The topological polar surface area (TPSA) is 26.0 Å². The molecule has 2 rings (SSSR count). The lowest BCUT2D eigenvalue weighted by Crippen LogP contribution is -1.98. The van der Waals surface area contributed by atoms with Gasteiger partial charge in [-0.05, 0) is 30.5 Å². The maximum absolute atomic E-state index is 6.12. The monoisotopic (exact) mass is 241 g/mol. The van der Waals surface area contributed by atoms with Crippen molar-refractivity contribution in [1.82, 2.24) is 0 Å². The minimum absolute atomic E-state index is 0.521. The molecule has 15 heavy (non-hydrogen) atoms. The highest BCUT2D eigenvalue weighted by Gasteiger charge is 2.16. The fraction of sp³-hybridized carbons (Fsp3) is 0.500. The van der Waals surface area contributed by atoms with Crippen molar-refractivity contribution in [2.45, 2.75) is 42.4 Å². The molecule has 1 fully saturated rings. The molecule has 0 spiro atoms. The molecular formula is C12H16ClNS. The van der Waals surface area contributed by atoms with Gasteiger partial charge in [-0.15, -0.1) is 11.8 Å². The number of thioether (sulfide) groups is 1. The molecule has 1 aliphatic rings. The zero-order chi connectivity index (χ0) is 10.7. The Labute approximate surface area is 100 Å². The highest BCUT2D eigenvalue weighted by molar-refractivity contribution is 8.00. The summed E-state index contributed by atoms with van der Waals surface area (Å²) < 4.78 is 0. The van der Waals surface area contributed by atoms with E-state index in [1.807, 2.05) is 23.9 Å². The molecule has 2 N–H and O–H groups in total. The Morgan fingerprint density at radius 3 is 2.67 bits per heavy atom. The average Bonchev–Trinajstić information content (AvgIpc) is 2.71. The Hall–Kier alpha value is -0.180. The number of benzene rings is 1. The standard InChI is InChI=1S/C12H16ClNS/c13-12-7-11(6-5-9(12)8-14)15-10-3-1-2-4-10/h5-7,10H,1-4,8,14H2. The Bertz CT molecular complexity index is 334. The fourth-order valence-electron chi connectivity index (χ4n) is 1.97. The second kappa shape index (κ2) is 5.24. The highest BCUT2D eigenvalue weighted by atomic mass is 35.5. The van der Waals surface area contributed by atoms with Gasteiger partial charge in [0.2, 0.25) is 0 Å². The molecule has 0 aliphatic heterocycles. The molecule has 3 heteroatoms. The Morgan fingerprint density at radius 1 is 1.33 bits per heavy atom. The highest BCUT2D eigenvalue weighted by Crippen LogP contribution is 2.35. The zero-order valence-corrected chi connectivity index (χ0v) is 10.3. The molecule has 1 saturated carbocycles. The van der Waals surface area contributed by atoms with Crippen LogP contribution in [-0.4, -0.2) is 5.25 Å². The summed E-state index contributed by atoms with van der Waals surface area (Å²) in [6.45, 7) is 0.521. The van der Waals surface area contributed by atoms with E-state index in [2.05, 4.69) is 6.07 Å². The minimum Gasteiger partial charge on any atom is -0.326 e. The van der Waals surface area contributed by atoms with Gasteiger partial charge in [0, 0.05) is 21.7 Å². The average molecular weight is 242 g/mol. The maximum Gasteiger partial charge on any atom is 0.0462 e. The molecule has 0 aromatic heterocycles. The molecule has 0 saturated heterocycles. The number of nitrogens with two attached hydrogens (primary N) is 1. The van der Waals surface area contributed by atoms with E-state index in [1.54, 1.807) is 0 Å². The summed E-state index contributed by atoms with van der Waals surface area (Å²) in [5, 5.41) is 1.60. The predicted octanol–water partition coefficient (Wildman–Crippen LogP) is 3.83. The third-order valence-electron chi connectivity index (χ3n) is 2.85. The molecule has 1 aromatic carbocycles. The second-order valence-corrected chi connectivity index (χ2v) is 5.76. The van der Waals surface area contributed by atoms with E-state index < -0.39 is 0 Å². The molecular weight excluding hydrogens is 226 g/mol. The van der Waals surface area contributed by atoms with Crippen LogP contribution in [0.2, 0.25) is 5.02 Å². The Balaban J connectivity index is 2.05. The summed E-state index contributed by atoms with van der Waals surface area (Å²) in [6, 6.07) is 6.23. The normalized spacial score (nSPS) is 17.2. The van der Waals surface area contributed by atoms with Gasteiger partial charge >= 0.3 is 0 Å². The van der Waals surface area contributed by atoms with Crippen LogP contribution in [0.25, 0.3) is 0 Å². The van der Waals surface area contributed by atoms with E-state index in [0.717, 1.165) is 15.8 Å². The maximum atomic E-state index is 6.12. The van der Waals surface area contributed by atoms with E-state index in [1.165, 1.54) is 30.6 Å². The van der Waals surface area contributed by atoms with E-state index in [-0.39, 0.29) is 0 Å². The van der Waals surface area contributed by atoms with Crippen LogP contribution in [0, 0.1) is 0 Å². The first-order valence-corrected chi connectivity index (χ1v) is 6.70. The molecule has 0 heterocycles. The first-order chi connectivity index (χ1) is 7.29. The van der Waals surface area contributed by atoms with Crippen molar-refractivity contribution in [2.24, 2.45) is 5.73 Å². The number of hydrogen-bond donors (Lipinski definition) is 1. The Kier molecular flexibility index (Phi) is 3.95. The first-order valence-electron chi connectivity index (χ1n) is 5.45. The molecule has 1 aromatic rings. The molecule has 0 bridgehead atoms. The smallest absolute Gasteiger partial charge is 0.0462 e. The second-order valence-electron chi connectivity index (χ2n) is 3.98. The van der Waals surface area contributed by atoms with Gasteiger partial charge in [-0.25, -0.2) is 0 Å².